The molecule has 2 saturated heterocycles. The largest absolute Gasteiger partial charge is 0.392 e. The van der Waals surface area contributed by atoms with Crippen LogP contribution in [0.25, 0.3) is 11.3 Å². The zero-order valence-corrected chi connectivity index (χ0v) is 18.3. The van der Waals surface area contributed by atoms with E-state index in [1.807, 2.05) is 24.3 Å². The maximum Gasteiger partial charge on any atom is 0.243 e. The number of rotatable bonds is 4. The molecule has 1 aliphatic carbocycles. The van der Waals surface area contributed by atoms with Gasteiger partial charge in [0.2, 0.25) is 5.91 Å². The Balaban J connectivity index is 1.34. The van der Waals surface area contributed by atoms with Gasteiger partial charge in [-0.05, 0) is 24.8 Å². The number of benzene rings is 1. The maximum absolute atomic E-state index is 13.6. The van der Waals surface area contributed by atoms with Gasteiger partial charge in [-0.25, -0.2) is 4.98 Å². The van der Waals surface area contributed by atoms with Crippen LogP contribution in [0.15, 0.2) is 36.7 Å². The second kappa shape index (κ2) is 8.61. The molecule has 1 N–H and O–H groups in total. The van der Waals surface area contributed by atoms with Crippen molar-refractivity contribution >= 4 is 5.91 Å². The molecule has 1 amide bonds. The lowest BCUT2D eigenvalue weighted by atomic mass is 9.91. The van der Waals surface area contributed by atoms with Gasteiger partial charge in [-0.2, -0.15) is 5.26 Å². The molecule has 3 fully saturated rings. The summed E-state index contributed by atoms with van der Waals surface area (Å²) < 4.78 is 0. The first-order chi connectivity index (χ1) is 15.6. The zero-order chi connectivity index (χ0) is 22.1. The van der Waals surface area contributed by atoms with Crippen LogP contribution in [0.5, 0.6) is 0 Å². The number of hydrogen-bond acceptors (Lipinski definition) is 6. The van der Waals surface area contributed by atoms with E-state index in [0.717, 1.165) is 36.9 Å². The number of aliphatic hydroxyl groups is 1. The number of nitriles is 1. The molecule has 2 aromatic rings. The molecule has 166 valence electrons. The second-order valence-corrected chi connectivity index (χ2v) is 9.37. The van der Waals surface area contributed by atoms with Crippen LogP contribution in [0.4, 0.5) is 0 Å². The van der Waals surface area contributed by atoms with Crippen molar-refractivity contribution in [1.82, 2.24) is 19.8 Å². The van der Waals surface area contributed by atoms with Gasteiger partial charge in [0.1, 0.15) is 17.3 Å². The lowest BCUT2D eigenvalue weighted by Crippen LogP contribution is -2.51. The van der Waals surface area contributed by atoms with Crippen molar-refractivity contribution in [3.63, 3.8) is 0 Å². The molecule has 5 rings (SSSR count). The fourth-order valence-electron chi connectivity index (χ4n) is 5.85. The lowest BCUT2D eigenvalue weighted by Gasteiger charge is -2.36. The minimum Gasteiger partial charge on any atom is -0.392 e. The van der Waals surface area contributed by atoms with Crippen LogP contribution in [0.3, 0.4) is 0 Å². The third-order valence-electron chi connectivity index (χ3n) is 7.46. The first-order valence-corrected chi connectivity index (χ1v) is 11.7. The van der Waals surface area contributed by atoms with E-state index in [0.29, 0.717) is 36.9 Å². The molecular weight excluding hydrogens is 402 g/mol. The summed E-state index contributed by atoms with van der Waals surface area (Å²) in [6.45, 7) is 1.94. The average Bonchev–Trinajstić information content (AvgIpc) is 3.33. The number of nitrogens with zero attached hydrogens (tertiary/aromatic N) is 5. The van der Waals surface area contributed by atoms with Crippen molar-refractivity contribution in [2.45, 2.75) is 69.2 Å². The Hall–Kier alpha value is -2.82. The van der Waals surface area contributed by atoms with Gasteiger partial charge >= 0.3 is 0 Å². The number of hydrogen-bond donors (Lipinski definition) is 1. The highest BCUT2D eigenvalue weighted by Crippen LogP contribution is 2.42. The molecule has 32 heavy (non-hydrogen) atoms. The van der Waals surface area contributed by atoms with Gasteiger partial charge in [-0.15, -0.1) is 0 Å². The Morgan fingerprint density at radius 3 is 2.62 bits per heavy atom. The molecular formula is C25H29N5O2. The standard InChI is InChI=1S/C25H29N5O2/c26-15-22-23(28-12-11-27-22)19-8-6-18(7-9-19)16-29-17-21(31)14-25(29)10-13-30(24(25)32)20-4-2-1-3-5-20/h6-9,11-12,20-21,31H,1-5,10,13-14,16-17H2. The van der Waals surface area contributed by atoms with Crippen LogP contribution in [-0.4, -0.2) is 61.6 Å². The fourth-order valence-corrected chi connectivity index (χ4v) is 5.85. The van der Waals surface area contributed by atoms with Gasteiger partial charge in [-0.3, -0.25) is 14.7 Å². The highest BCUT2D eigenvalue weighted by molar-refractivity contribution is 5.89. The summed E-state index contributed by atoms with van der Waals surface area (Å²) in [4.78, 5) is 26.3. The molecule has 7 nitrogen and oxygen atoms in total. The number of likely N-dealkylation sites (tertiary alicyclic amines) is 2. The molecule has 1 spiro atoms. The first-order valence-electron chi connectivity index (χ1n) is 11.7. The summed E-state index contributed by atoms with van der Waals surface area (Å²) in [6, 6.07) is 10.4. The van der Waals surface area contributed by atoms with Gasteiger partial charge in [0, 0.05) is 50.1 Å². The maximum atomic E-state index is 13.6. The van der Waals surface area contributed by atoms with Crippen molar-refractivity contribution < 1.29 is 9.90 Å². The van der Waals surface area contributed by atoms with Crippen LogP contribution in [0, 0.1) is 11.3 Å². The molecule has 0 radical (unpaired) electrons. The van der Waals surface area contributed by atoms with Gasteiger partial charge in [0.15, 0.2) is 5.69 Å². The van der Waals surface area contributed by atoms with Gasteiger partial charge in [-0.1, -0.05) is 43.5 Å². The molecule has 2 aliphatic heterocycles. The van der Waals surface area contributed by atoms with Gasteiger partial charge < -0.3 is 10.0 Å². The third kappa shape index (κ3) is 3.68. The Morgan fingerprint density at radius 2 is 1.88 bits per heavy atom. The summed E-state index contributed by atoms with van der Waals surface area (Å²) in [7, 11) is 0. The summed E-state index contributed by atoms with van der Waals surface area (Å²) in [5.74, 6) is 0.218. The predicted molar refractivity (Wildman–Crippen MR) is 119 cm³/mol. The minimum absolute atomic E-state index is 0.218. The van der Waals surface area contributed by atoms with Crippen LogP contribution >= 0.6 is 0 Å². The van der Waals surface area contributed by atoms with Crippen molar-refractivity contribution in [3.05, 3.63) is 47.9 Å². The summed E-state index contributed by atoms with van der Waals surface area (Å²) in [5, 5.41) is 19.8. The third-order valence-corrected chi connectivity index (χ3v) is 7.46. The molecule has 2 atom stereocenters. The molecule has 1 saturated carbocycles. The minimum atomic E-state index is -0.575. The van der Waals surface area contributed by atoms with Crippen molar-refractivity contribution in [1.29, 1.82) is 5.26 Å². The summed E-state index contributed by atoms with van der Waals surface area (Å²) >= 11 is 0. The van der Waals surface area contributed by atoms with Crippen LogP contribution in [-0.2, 0) is 11.3 Å². The molecule has 3 aliphatic rings. The smallest absolute Gasteiger partial charge is 0.243 e. The van der Waals surface area contributed by atoms with Crippen molar-refractivity contribution in [2.75, 3.05) is 13.1 Å². The van der Waals surface area contributed by atoms with Crippen LogP contribution < -0.4 is 0 Å². The average molecular weight is 432 g/mol. The van der Waals surface area contributed by atoms with Gasteiger partial charge in [0.25, 0.3) is 0 Å². The zero-order valence-electron chi connectivity index (χ0n) is 18.3. The van der Waals surface area contributed by atoms with E-state index < -0.39 is 11.6 Å². The van der Waals surface area contributed by atoms with Crippen LogP contribution in [0.1, 0.15) is 56.2 Å². The molecule has 0 bridgehead atoms. The van der Waals surface area contributed by atoms with E-state index in [1.165, 1.54) is 25.5 Å². The quantitative estimate of drug-likeness (QED) is 0.800. The van der Waals surface area contributed by atoms with Crippen molar-refractivity contribution in [3.8, 4) is 17.3 Å². The summed E-state index contributed by atoms with van der Waals surface area (Å²) in [5.41, 5.74) is 2.22. The Bertz CT molecular complexity index is 1030. The Kier molecular flexibility index (Phi) is 5.66. The van der Waals surface area contributed by atoms with Crippen molar-refractivity contribution in [2.24, 2.45) is 0 Å². The number of carbonyl (C=O) groups is 1. The van der Waals surface area contributed by atoms with E-state index in [-0.39, 0.29) is 5.91 Å². The predicted octanol–water partition coefficient (Wildman–Crippen LogP) is 2.89. The molecule has 1 aromatic heterocycles. The fraction of sp³-hybridized carbons (Fsp3) is 0.520. The molecule has 2 unspecified atom stereocenters. The van der Waals surface area contributed by atoms with E-state index in [1.54, 1.807) is 6.20 Å². The van der Waals surface area contributed by atoms with E-state index in [4.69, 9.17) is 0 Å². The topological polar surface area (TPSA) is 93.3 Å². The first kappa shape index (κ1) is 21.0. The highest BCUT2D eigenvalue weighted by Gasteiger charge is 2.56. The van der Waals surface area contributed by atoms with Gasteiger partial charge in [0.05, 0.1) is 6.10 Å². The number of aromatic nitrogens is 2. The highest BCUT2D eigenvalue weighted by atomic mass is 16.3. The second-order valence-electron chi connectivity index (χ2n) is 9.37. The monoisotopic (exact) mass is 431 g/mol. The normalized spacial score (nSPS) is 26.7. The number of amides is 1. The SMILES string of the molecule is N#Cc1nccnc1-c1ccc(CN2CC(O)CC23CCN(C2CCCCC2)C3=O)cc1. The molecule has 1 aromatic carbocycles. The number of β-amino-alcohol motifs (C(OH)–C–C–N with tert-alkyl or cyclic N) is 1. The molecule has 7 heteroatoms. The number of carbonyl (C=O) groups excluding carboxylic acids is 1. The number of aliphatic hydroxyl groups excluding tert-OH is 1. The Morgan fingerprint density at radius 1 is 1.12 bits per heavy atom. The lowest BCUT2D eigenvalue weighted by molar-refractivity contribution is -0.139. The van der Waals surface area contributed by atoms with E-state index in [2.05, 4.69) is 25.8 Å². The summed E-state index contributed by atoms with van der Waals surface area (Å²) in [6.07, 6.45) is 9.86. The van der Waals surface area contributed by atoms with E-state index >= 15 is 0 Å². The van der Waals surface area contributed by atoms with Crippen LogP contribution in [0.2, 0.25) is 0 Å². The van der Waals surface area contributed by atoms with E-state index in [9.17, 15) is 15.2 Å². The Labute approximate surface area is 188 Å². The molecule has 3 heterocycles.